The summed E-state index contributed by atoms with van der Waals surface area (Å²) in [6.07, 6.45) is 8.21. The van der Waals surface area contributed by atoms with Gasteiger partial charge in [-0.05, 0) is 30.7 Å². The molecule has 0 fully saturated rings. The van der Waals surface area contributed by atoms with Crippen molar-refractivity contribution in [3.63, 3.8) is 0 Å². The van der Waals surface area contributed by atoms with Gasteiger partial charge < -0.3 is 4.74 Å². The van der Waals surface area contributed by atoms with Crippen LogP contribution < -0.4 is 0 Å². The smallest absolute Gasteiger partial charge is 0.348 e. The number of methoxy groups -OCH3 is 1. The van der Waals surface area contributed by atoms with Crippen LogP contribution in [0.15, 0.2) is 30.7 Å². The van der Waals surface area contributed by atoms with Gasteiger partial charge in [-0.2, -0.15) is 5.10 Å². The van der Waals surface area contributed by atoms with Gasteiger partial charge in [0, 0.05) is 36.0 Å². The Morgan fingerprint density at radius 3 is 2.79 bits per heavy atom. The Bertz CT molecular complexity index is 969. The van der Waals surface area contributed by atoms with Crippen molar-refractivity contribution in [3.05, 3.63) is 52.3 Å². The molecule has 0 saturated carbocycles. The number of pyridine rings is 1. The largest absolute Gasteiger partial charge is 0.465 e. The van der Waals surface area contributed by atoms with Crippen LogP contribution >= 0.6 is 11.3 Å². The molecule has 0 aliphatic heterocycles. The molecule has 0 N–H and O–H groups in total. The minimum atomic E-state index is -0.389. The summed E-state index contributed by atoms with van der Waals surface area (Å²) in [6.45, 7) is 1.83. The Balaban J connectivity index is 1.92. The number of hydrogen-bond donors (Lipinski definition) is 0. The van der Waals surface area contributed by atoms with Gasteiger partial charge in [0.15, 0.2) is 5.78 Å². The first-order chi connectivity index (χ1) is 11.5. The van der Waals surface area contributed by atoms with Gasteiger partial charge in [-0.1, -0.05) is 0 Å². The summed E-state index contributed by atoms with van der Waals surface area (Å²) in [5.74, 6) is -0.543. The second kappa shape index (κ2) is 6.37. The lowest BCUT2D eigenvalue weighted by molar-refractivity contribution is 0.0605. The van der Waals surface area contributed by atoms with Gasteiger partial charge in [-0.3, -0.25) is 9.48 Å². The van der Waals surface area contributed by atoms with E-state index in [1.165, 1.54) is 30.7 Å². The molecular formula is C17H15N3O3S. The van der Waals surface area contributed by atoms with Crippen LogP contribution in [0.25, 0.3) is 16.3 Å². The molecule has 3 aromatic heterocycles. The Morgan fingerprint density at radius 2 is 2.12 bits per heavy atom. The number of carbonyl (C=O) groups excluding carboxylic acids is 2. The van der Waals surface area contributed by atoms with Gasteiger partial charge in [0.05, 0.1) is 13.3 Å². The molecule has 24 heavy (non-hydrogen) atoms. The highest BCUT2D eigenvalue weighted by Gasteiger charge is 2.17. The molecule has 0 unspecified atom stereocenters. The molecular weight excluding hydrogens is 326 g/mol. The molecule has 0 aliphatic carbocycles. The zero-order valence-electron chi connectivity index (χ0n) is 13.4. The van der Waals surface area contributed by atoms with Crippen LogP contribution in [0.2, 0.25) is 0 Å². The molecule has 7 heteroatoms. The van der Waals surface area contributed by atoms with Crippen molar-refractivity contribution in [1.82, 2.24) is 14.8 Å². The Kier molecular flexibility index (Phi) is 4.26. The first kappa shape index (κ1) is 16.1. The number of fused-ring (bicyclic) bond motifs is 1. The second-order valence-electron chi connectivity index (χ2n) is 5.27. The number of carbonyl (C=O) groups is 2. The van der Waals surface area contributed by atoms with Crippen LogP contribution in [0.4, 0.5) is 0 Å². The third-order valence-corrected chi connectivity index (χ3v) is 4.80. The van der Waals surface area contributed by atoms with E-state index < -0.39 is 0 Å². The predicted molar refractivity (Wildman–Crippen MR) is 92.3 cm³/mol. The van der Waals surface area contributed by atoms with E-state index in [1.54, 1.807) is 23.0 Å². The maximum absolute atomic E-state index is 12.3. The number of rotatable bonds is 4. The van der Waals surface area contributed by atoms with Crippen molar-refractivity contribution in [2.24, 2.45) is 7.05 Å². The minimum Gasteiger partial charge on any atom is -0.465 e. The summed E-state index contributed by atoms with van der Waals surface area (Å²) in [7, 11) is 3.16. The lowest BCUT2D eigenvalue weighted by Gasteiger charge is -1.98. The second-order valence-corrected chi connectivity index (χ2v) is 6.27. The van der Waals surface area contributed by atoms with Gasteiger partial charge in [-0.25, -0.2) is 9.78 Å². The van der Waals surface area contributed by atoms with Crippen molar-refractivity contribution in [1.29, 1.82) is 0 Å². The molecule has 0 radical (unpaired) electrons. The first-order valence-electron chi connectivity index (χ1n) is 7.18. The highest BCUT2D eigenvalue weighted by Crippen LogP contribution is 2.30. The number of ketones is 1. The number of aromatic nitrogens is 3. The molecule has 0 bridgehead atoms. The van der Waals surface area contributed by atoms with E-state index in [-0.39, 0.29) is 11.8 Å². The van der Waals surface area contributed by atoms with E-state index in [0.717, 1.165) is 16.5 Å². The predicted octanol–water partition coefficient (Wildman–Crippen LogP) is 3.02. The average Bonchev–Trinajstić information content (AvgIpc) is 3.15. The number of ether oxygens (including phenoxy) is 1. The van der Waals surface area contributed by atoms with E-state index in [2.05, 4.69) is 10.1 Å². The van der Waals surface area contributed by atoms with Crippen molar-refractivity contribution in [2.45, 2.75) is 6.92 Å². The number of esters is 1. The third-order valence-electron chi connectivity index (χ3n) is 3.60. The Morgan fingerprint density at radius 1 is 1.33 bits per heavy atom. The summed E-state index contributed by atoms with van der Waals surface area (Å²) in [5.41, 5.74) is 2.10. The summed E-state index contributed by atoms with van der Waals surface area (Å²) >= 11 is 1.26. The number of hydrogen-bond acceptors (Lipinski definition) is 6. The zero-order valence-corrected chi connectivity index (χ0v) is 14.3. The van der Waals surface area contributed by atoms with Crippen LogP contribution in [0.5, 0.6) is 0 Å². The molecule has 3 heterocycles. The van der Waals surface area contributed by atoms with Crippen LogP contribution in [0, 0.1) is 6.92 Å². The SMILES string of the molecule is COC(=O)c1sc2ncc(C(=O)/C=C\c3cnn(C)c3)cc2c1C. The van der Waals surface area contributed by atoms with Crippen LogP contribution in [-0.2, 0) is 11.8 Å². The van der Waals surface area contributed by atoms with Gasteiger partial charge in [0.1, 0.15) is 9.71 Å². The maximum atomic E-state index is 12.3. The van der Waals surface area contributed by atoms with Gasteiger partial charge in [0.25, 0.3) is 0 Å². The quantitative estimate of drug-likeness (QED) is 0.414. The molecule has 3 aromatic rings. The van der Waals surface area contributed by atoms with Crippen molar-refractivity contribution >= 4 is 39.4 Å². The van der Waals surface area contributed by atoms with E-state index in [9.17, 15) is 9.59 Å². The molecule has 0 amide bonds. The zero-order chi connectivity index (χ0) is 17.3. The molecule has 0 aliphatic rings. The Labute approximate surface area is 142 Å². The fraction of sp³-hybridized carbons (Fsp3) is 0.176. The molecule has 0 atom stereocenters. The lowest BCUT2D eigenvalue weighted by Crippen LogP contribution is -1.99. The van der Waals surface area contributed by atoms with Gasteiger partial charge in [-0.15, -0.1) is 11.3 Å². The van der Waals surface area contributed by atoms with Crippen molar-refractivity contribution < 1.29 is 14.3 Å². The van der Waals surface area contributed by atoms with Crippen molar-refractivity contribution in [3.8, 4) is 0 Å². The molecule has 122 valence electrons. The molecule has 0 saturated heterocycles. The van der Waals surface area contributed by atoms with E-state index >= 15 is 0 Å². The highest BCUT2D eigenvalue weighted by molar-refractivity contribution is 7.20. The lowest BCUT2D eigenvalue weighted by atomic mass is 10.1. The summed E-state index contributed by atoms with van der Waals surface area (Å²) in [4.78, 5) is 29.6. The topological polar surface area (TPSA) is 74.1 Å². The number of aryl methyl sites for hydroxylation is 2. The molecule has 0 aromatic carbocycles. The summed E-state index contributed by atoms with van der Waals surface area (Å²) in [6, 6.07) is 1.76. The highest BCUT2D eigenvalue weighted by atomic mass is 32.1. The Hall–Kier alpha value is -2.80. The van der Waals surface area contributed by atoms with Gasteiger partial charge in [0.2, 0.25) is 0 Å². The molecule has 3 rings (SSSR count). The number of allylic oxidation sites excluding steroid dienone is 1. The summed E-state index contributed by atoms with van der Waals surface area (Å²) < 4.78 is 6.44. The fourth-order valence-corrected chi connectivity index (χ4v) is 3.36. The van der Waals surface area contributed by atoms with E-state index in [0.29, 0.717) is 15.3 Å². The van der Waals surface area contributed by atoms with E-state index in [4.69, 9.17) is 4.74 Å². The van der Waals surface area contributed by atoms with Crippen LogP contribution in [0.1, 0.15) is 31.2 Å². The van der Waals surface area contributed by atoms with Crippen LogP contribution in [0.3, 0.4) is 0 Å². The first-order valence-corrected chi connectivity index (χ1v) is 7.99. The number of thiophene rings is 1. The summed E-state index contributed by atoms with van der Waals surface area (Å²) in [5, 5.41) is 4.84. The standard InChI is InChI=1S/C17H15N3O3S/c1-10-13-6-12(8-18-16(13)24-15(10)17(22)23-3)14(21)5-4-11-7-19-20(2)9-11/h4-9H,1-3H3/b5-4-. The normalized spacial score (nSPS) is 11.3. The average molecular weight is 341 g/mol. The van der Waals surface area contributed by atoms with Gasteiger partial charge >= 0.3 is 5.97 Å². The van der Waals surface area contributed by atoms with E-state index in [1.807, 2.05) is 20.2 Å². The number of nitrogens with zero attached hydrogens (tertiary/aromatic N) is 3. The fourth-order valence-electron chi connectivity index (χ4n) is 2.31. The molecule has 6 nitrogen and oxygen atoms in total. The van der Waals surface area contributed by atoms with Crippen molar-refractivity contribution in [2.75, 3.05) is 7.11 Å². The van der Waals surface area contributed by atoms with Crippen LogP contribution in [-0.4, -0.2) is 33.6 Å². The monoisotopic (exact) mass is 341 g/mol. The molecule has 0 spiro atoms. The minimum absolute atomic E-state index is 0.154. The third kappa shape index (κ3) is 2.98. The maximum Gasteiger partial charge on any atom is 0.348 e.